The summed E-state index contributed by atoms with van der Waals surface area (Å²) in [5, 5.41) is 3.24. The molecule has 0 N–H and O–H groups in total. The van der Waals surface area contributed by atoms with Crippen molar-refractivity contribution in [3.05, 3.63) is 40.3 Å². The van der Waals surface area contributed by atoms with Gasteiger partial charge in [-0.25, -0.2) is 4.79 Å². The van der Waals surface area contributed by atoms with Crippen LogP contribution >= 0.6 is 0 Å². The summed E-state index contributed by atoms with van der Waals surface area (Å²) >= 11 is 0. The molecule has 6 nitrogen and oxygen atoms in total. The normalized spacial score (nSPS) is 10.6. The van der Waals surface area contributed by atoms with Crippen LogP contribution in [0, 0.1) is 0 Å². The Bertz CT molecular complexity index is 402. The number of ether oxygens (including phenoxy) is 1. The molecule has 0 spiro atoms. The van der Waals surface area contributed by atoms with Gasteiger partial charge < -0.3 is 9.15 Å². The van der Waals surface area contributed by atoms with Crippen LogP contribution in [-0.2, 0) is 9.53 Å². The number of azide groups is 1. The highest BCUT2D eigenvalue weighted by molar-refractivity contribution is 5.93. The molecule has 0 aliphatic rings. The molecule has 15 heavy (non-hydrogen) atoms. The molecule has 0 aromatic carbocycles. The third-order valence-corrected chi connectivity index (χ3v) is 1.48. The van der Waals surface area contributed by atoms with Gasteiger partial charge in [-0.1, -0.05) is 5.11 Å². The van der Waals surface area contributed by atoms with Crippen molar-refractivity contribution in [1.29, 1.82) is 0 Å². The molecule has 0 saturated carbocycles. The Morgan fingerprint density at radius 1 is 1.80 bits per heavy atom. The van der Waals surface area contributed by atoms with E-state index in [1.165, 1.54) is 18.6 Å². The third-order valence-electron chi connectivity index (χ3n) is 1.48. The van der Waals surface area contributed by atoms with Crippen LogP contribution in [0.1, 0.15) is 12.5 Å². The molecule has 0 saturated heterocycles. The van der Waals surface area contributed by atoms with Crippen LogP contribution in [0.25, 0.3) is 16.5 Å². The van der Waals surface area contributed by atoms with Crippen LogP contribution in [0.4, 0.5) is 0 Å². The predicted octanol–water partition coefficient (Wildman–Crippen LogP) is 2.49. The molecule has 0 bridgehead atoms. The maximum Gasteiger partial charge on any atom is 0.340 e. The molecule has 1 heterocycles. The molecule has 0 aliphatic heterocycles. The van der Waals surface area contributed by atoms with Crippen molar-refractivity contribution in [2.24, 2.45) is 5.11 Å². The number of carbonyl (C=O) groups is 1. The lowest BCUT2D eigenvalue weighted by molar-refractivity contribution is -0.138. The van der Waals surface area contributed by atoms with Crippen molar-refractivity contribution < 1.29 is 13.9 Å². The van der Waals surface area contributed by atoms with Gasteiger partial charge in [0.15, 0.2) is 0 Å². The largest absolute Gasteiger partial charge is 0.472 e. The predicted molar refractivity (Wildman–Crippen MR) is 52.5 cm³/mol. The molecule has 78 valence electrons. The van der Waals surface area contributed by atoms with Gasteiger partial charge in [0.2, 0.25) is 0 Å². The Morgan fingerprint density at radius 2 is 2.60 bits per heavy atom. The first kappa shape index (κ1) is 10.9. The van der Waals surface area contributed by atoms with E-state index in [1.54, 1.807) is 13.0 Å². The monoisotopic (exact) mass is 207 g/mol. The number of hydrogen-bond acceptors (Lipinski definition) is 4. The molecule has 1 aromatic heterocycles. The standard InChI is InChI=1S/C9H9N3O3/c1-2-15-9(13)8(11-12-10)5-7-3-4-14-6-7/h3-6H,2H2,1H3. The molecular weight excluding hydrogens is 198 g/mol. The van der Waals surface area contributed by atoms with Gasteiger partial charge in [0, 0.05) is 10.5 Å². The first-order valence-corrected chi connectivity index (χ1v) is 4.24. The number of esters is 1. The van der Waals surface area contributed by atoms with Crippen LogP contribution in [0.3, 0.4) is 0 Å². The van der Waals surface area contributed by atoms with Crippen molar-refractivity contribution in [3.63, 3.8) is 0 Å². The van der Waals surface area contributed by atoms with Crippen molar-refractivity contribution in [2.75, 3.05) is 6.61 Å². The van der Waals surface area contributed by atoms with E-state index in [-0.39, 0.29) is 12.3 Å². The van der Waals surface area contributed by atoms with E-state index in [2.05, 4.69) is 10.0 Å². The van der Waals surface area contributed by atoms with E-state index in [0.29, 0.717) is 5.56 Å². The lowest BCUT2D eigenvalue weighted by atomic mass is 10.3. The quantitative estimate of drug-likeness (QED) is 0.250. The van der Waals surface area contributed by atoms with E-state index in [1.807, 2.05) is 0 Å². The number of carbonyl (C=O) groups excluding carboxylic acids is 1. The lowest BCUT2D eigenvalue weighted by Crippen LogP contribution is -2.05. The first-order valence-electron chi connectivity index (χ1n) is 4.24. The number of rotatable bonds is 4. The molecule has 0 amide bonds. The third kappa shape index (κ3) is 3.21. The first-order chi connectivity index (χ1) is 7.27. The lowest BCUT2D eigenvalue weighted by Gasteiger charge is -1.99. The summed E-state index contributed by atoms with van der Waals surface area (Å²) in [7, 11) is 0. The van der Waals surface area contributed by atoms with Crippen molar-refractivity contribution in [3.8, 4) is 0 Å². The molecule has 1 aromatic rings. The minimum Gasteiger partial charge on any atom is -0.472 e. The van der Waals surface area contributed by atoms with Gasteiger partial charge in [-0.3, -0.25) is 0 Å². The van der Waals surface area contributed by atoms with Gasteiger partial charge in [-0.2, -0.15) is 0 Å². The summed E-state index contributed by atoms with van der Waals surface area (Å²) in [5.74, 6) is -0.656. The molecule has 0 fully saturated rings. The van der Waals surface area contributed by atoms with Crippen molar-refractivity contribution in [1.82, 2.24) is 0 Å². The Balaban J connectivity index is 2.92. The van der Waals surface area contributed by atoms with Gasteiger partial charge >= 0.3 is 5.97 Å². The van der Waals surface area contributed by atoms with Gasteiger partial charge in [0.25, 0.3) is 0 Å². The Morgan fingerprint density at radius 3 is 3.13 bits per heavy atom. The van der Waals surface area contributed by atoms with Crippen LogP contribution < -0.4 is 0 Å². The van der Waals surface area contributed by atoms with E-state index in [9.17, 15) is 4.79 Å². The van der Waals surface area contributed by atoms with Crippen molar-refractivity contribution >= 4 is 12.0 Å². The SMILES string of the molecule is CCOC(=O)C(=Cc1ccoc1)N=[N+]=[N-]. The topological polar surface area (TPSA) is 88.2 Å². The average molecular weight is 207 g/mol. The minimum atomic E-state index is -0.656. The second-order valence-corrected chi connectivity index (χ2v) is 2.50. The number of nitrogens with zero attached hydrogens (tertiary/aromatic N) is 3. The molecule has 0 unspecified atom stereocenters. The van der Waals surface area contributed by atoms with Gasteiger partial charge in [0.1, 0.15) is 5.70 Å². The van der Waals surface area contributed by atoms with E-state index in [4.69, 9.17) is 14.7 Å². The summed E-state index contributed by atoms with van der Waals surface area (Å²) in [6.45, 7) is 1.89. The summed E-state index contributed by atoms with van der Waals surface area (Å²) in [4.78, 5) is 13.8. The minimum absolute atomic E-state index is 0.0965. The Hall–Kier alpha value is -2.20. The van der Waals surface area contributed by atoms with Gasteiger partial charge in [0.05, 0.1) is 19.1 Å². The van der Waals surface area contributed by atoms with E-state index < -0.39 is 5.97 Å². The summed E-state index contributed by atoms with van der Waals surface area (Å²) in [6, 6.07) is 1.63. The number of hydrogen-bond donors (Lipinski definition) is 0. The smallest absolute Gasteiger partial charge is 0.340 e. The Kier molecular flexibility index (Phi) is 4.00. The fourth-order valence-electron chi connectivity index (χ4n) is 0.897. The maximum absolute atomic E-state index is 11.3. The average Bonchev–Trinajstić information content (AvgIpc) is 2.70. The zero-order valence-corrected chi connectivity index (χ0v) is 8.08. The highest BCUT2D eigenvalue weighted by Crippen LogP contribution is 2.10. The van der Waals surface area contributed by atoms with Gasteiger partial charge in [-0.15, -0.1) is 0 Å². The summed E-state index contributed by atoms with van der Waals surface area (Å²) in [5.41, 5.74) is 8.80. The highest BCUT2D eigenvalue weighted by atomic mass is 16.5. The molecular formula is C9H9N3O3. The molecule has 0 atom stereocenters. The summed E-state index contributed by atoms with van der Waals surface area (Å²) in [6.07, 6.45) is 4.26. The van der Waals surface area contributed by atoms with E-state index in [0.717, 1.165) is 0 Å². The molecule has 0 aliphatic carbocycles. The van der Waals surface area contributed by atoms with Crippen LogP contribution in [0.2, 0.25) is 0 Å². The fraction of sp³-hybridized carbons (Fsp3) is 0.222. The van der Waals surface area contributed by atoms with Crippen molar-refractivity contribution in [2.45, 2.75) is 6.92 Å². The highest BCUT2D eigenvalue weighted by Gasteiger charge is 2.08. The number of furan rings is 1. The maximum atomic E-state index is 11.3. The summed E-state index contributed by atoms with van der Waals surface area (Å²) < 4.78 is 9.50. The Labute approximate surface area is 85.8 Å². The second-order valence-electron chi connectivity index (χ2n) is 2.50. The molecule has 1 rings (SSSR count). The fourth-order valence-corrected chi connectivity index (χ4v) is 0.897. The zero-order valence-electron chi connectivity index (χ0n) is 8.08. The van der Waals surface area contributed by atoms with E-state index >= 15 is 0 Å². The van der Waals surface area contributed by atoms with Gasteiger partial charge in [-0.05, 0) is 24.6 Å². The molecule has 6 heteroatoms. The molecule has 0 radical (unpaired) electrons. The van der Waals surface area contributed by atoms with Crippen LogP contribution in [0.5, 0.6) is 0 Å². The van der Waals surface area contributed by atoms with Crippen LogP contribution in [0.15, 0.2) is 33.8 Å². The second kappa shape index (κ2) is 5.51. The zero-order chi connectivity index (χ0) is 11.1. The van der Waals surface area contributed by atoms with Crippen LogP contribution in [-0.4, -0.2) is 12.6 Å².